The zero-order valence-corrected chi connectivity index (χ0v) is 15.3. The zero-order valence-electron chi connectivity index (χ0n) is 14.4. The largest absolute Gasteiger partial charge is 0.323 e. The van der Waals surface area contributed by atoms with E-state index in [-0.39, 0.29) is 18.3 Å². The van der Waals surface area contributed by atoms with E-state index < -0.39 is 0 Å². The molecule has 1 aliphatic heterocycles. The highest BCUT2D eigenvalue weighted by atomic mass is 35.5. The molecule has 25 heavy (non-hydrogen) atoms. The third-order valence-corrected chi connectivity index (χ3v) is 4.61. The number of halogens is 1. The molecule has 0 radical (unpaired) electrons. The Labute approximate surface area is 155 Å². The maximum Gasteiger partial charge on any atom is 0.224 e. The molecule has 2 unspecified atom stereocenters. The summed E-state index contributed by atoms with van der Waals surface area (Å²) in [7, 11) is 0. The Bertz CT molecular complexity index is 657. The van der Waals surface area contributed by atoms with Crippen LogP contribution in [0.3, 0.4) is 0 Å². The average molecular weight is 361 g/mol. The molecule has 1 saturated heterocycles. The molecule has 2 atom stereocenters. The van der Waals surface area contributed by atoms with Gasteiger partial charge in [0.25, 0.3) is 0 Å². The first-order valence-corrected chi connectivity index (χ1v) is 8.60. The van der Waals surface area contributed by atoms with Crippen LogP contribution in [-0.2, 0) is 4.79 Å². The normalized spacial score (nSPS) is 18.0. The lowest BCUT2D eigenvalue weighted by atomic mass is 9.85. The summed E-state index contributed by atoms with van der Waals surface area (Å²) in [5.41, 5.74) is 1.61. The lowest BCUT2D eigenvalue weighted by molar-refractivity contribution is -0.117. The van der Waals surface area contributed by atoms with Crippen molar-refractivity contribution in [2.24, 2.45) is 11.8 Å². The Morgan fingerprint density at radius 2 is 2.00 bits per heavy atom. The number of rotatable bonds is 5. The van der Waals surface area contributed by atoms with Crippen LogP contribution >= 0.6 is 12.4 Å². The maximum absolute atomic E-state index is 12.2. The number of nitrogens with one attached hydrogen (secondary N) is 2. The molecular weight excluding hydrogens is 336 g/mol. The van der Waals surface area contributed by atoms with E-state index in [1.165, 1.54) is 12.8 Å². The molecule has 2 N–H and O–H groups in total. The molecule has 2 aromatic rings. The van der Waals surface area contributed by atoms with Crippen LogP contribution in [0.4, 0.5) is 5.69 Å². The van der Waals surface area contributed by atoms with E-state index in [2.05, 4.69) is 27.5 Å². The van der Waals surface area contributed by atoms with Crippen molar-refractivity contribution in [2.75, 3.05) is 18.4 Å². The SMILES string of the molecule is CC(CC(=O)Nc1cnc(-c2ccccc2)nc1)C1CCCNC1.Cl. The van der Waals surface area contributed by atoms with Gasteiger partial charge in [0.1, 0.15) is 0 Å². The van der Waals surface area contributed by atoms with Crippen molar-refractivity contribution >= 4 is 24.0 Å². The number of anilines is 1. The molecule has 1 aromatic carbocycles. The van der Waals surface area contributed by atoms with Gasteiger partial charge in [-0.3, -0.25) is 4.79 Å². The number of carbonyl (C=O) groups is 1. The van der Waals surface area contributed by atoms with E-state index in [1.54, 1.807) is 12.4 Å². The topological polar surface area (TPSA) is 66.9 Å². The van der Waals surface area contributed by atoms with Gasteiger partial charge >= 0.3 is 0 Å². The van der Waals surface area contributed by atoms with E-state index >= 15 is 0 Å². The Morgan fingerprint density at radius 1 is 1.28 bits per heavy atom. The second kappa shape index (κ2) is 9.49. The molecule has 0 spiro atoms. The van der Waals surface area contributed by atoms with Crippen molar-refractivity contribution in [1.82, 2.24) is 15.3 Å². The molecule has 0 bridgehead atoms. The number of benzene rings is 1. The molecule has 6 heteroatoms. The van der Waals surface area contributed by atoms with Gasteiger partial charge in [-0.15, -0.1) is 12.4 Å². The van der Waals surface area contributed by atoms with Gasteiger partial charge in [0, 0.05) is 12.0 Å². The second-order valence-electron chi connectivity index (χ2n) is 6.50. The van der Waals surface area contributed by atoms with Crippen molar-refractivity contribution in [3.63, 3.8) is 0 Å². The van der Waals surface area contributed by atoms with Crippen molar-refractivity contribution < 1.29 is 4.79 Å². The third-order valence-electron chi connectivity index (χ3n) is 4.61. The number of amides is 1. The summed E-state index contributed by atoms with van der Waals surface area (Å²) in [6.07, 6.45) is 6.27. The molecule has 134 valence electrons. The average Bonchev–Trinajstić information content (AvgIpc) is 2.64. The van der Waals surface area contributed by atoms with E-state index in [0.717, 1.165) is 18.7 Å². The highest BCUT2D eigenvalue weighted by Gasteiger charge is 2.22. The minimum absolute atomic E-state index is 0. The van der Waals surface area contributed by atoms with Gasteiger partial charge < -0.3 is 10.6 Å². The summed E-state index contributed by atoms with van der Waals surface area (Å²) in [6, 6.07) is 9.80. The number of nitrogens with zero attached hydrogens (tertiary/aromatic N) is 2. The van der Waals surface area contributed by atoms with Gasteiger partial charge in [-0.05, 0) is 37.8 Å². The molecule has 1 amide bonds. The number of hydrogen-bond donors (Lipinski definition) is 2. The fraction of sp³-hybridized carbons (Fsp3) is 0.421. The summed E-state index contributed by atoms with van der Waals surface area (Å²) < 4.78 is 0. The van der Waals surface area contributed by atoms with Crippen LogP contribution < -0.4 is 10.6 Å². The Kier molecular flexibility index (Phi) is 7.34. The number of hydrogen-bond acceptors (Lipinski definition) is 4. The Balaban J connectivity index is 0.00000225. The maximum atomic E-state index is 12.2. The minimum Gasteiger partial charge on any atom is -0.323 e. The van der Waals surface area contributed by atoms with Crippen LogP contribution in [0, 0.1) is 11.8 Å². The lowest BCUT2D eigenvalue weighted by Crippen LogP contribution is -2.34. The molecule has 1 fully saturated rings. The minimum atomic E-state index is 0. The molecule has 1 aromatic heterocycles. The zero-order chi connectivity index (χ0) is 16.8. The summed E-state index contributed by atoms with van der Waals surface area (Å²) in [6.45, 7) is 4.27. The third kappa shape index (κ3) is 5.51. The standard InChI is InChI=1S/C19H24N4O.ClH/c1-14(16-8-5-9-20-11-16)10-18(24)23-17-12-21-19(22-13-17)15-6-3-2-4-7-15;/h2-4,6-7,12-14,16,20H,5,8-11H2,1H3,(H,23,24);1H. The van der Waals surface area contributed by atoms with Crippen molar-refractivity contribution in [1.29, 1.82) is 0 Å². The molecule has 1 aliphatic rings. The van der Waals surface area contributed by atoms with Gasteiger partial charge in [0.2, 0.25) is 5.91 Å². The van der Waals surface area contributed by atoms with Crippen LogP contribution in [0.15, 0.2) is 42.7 Å². The summed E-state index contributed by atoms with van der Waals surface area (Å²) in [5, 5.41) is 6.31. The second-order valence-corrected chi connectivity index (χ2v) is 6.50. The Morgan fingerprint density at radius 3 is 2.64 bits per heavy atom. The van der Waals surface area contributed by atoms with Gasteiger partial charge in [-0.2, -0.15) is 0 Å². The predicted molar refractivity (Wildman–Crippen MR) is 103 cm³/mol. The lowest BCUT2D eigenvalue weighted by Gasteiger charge is -2.27. The highest BCUT2D eigenvalue weighted by Crippen LogP contribution is 2.23. The van der Waals surface area contributed by atoms with E-state index in [4.69, 9.17) is 0 Å². The molecule has 3 rings (SSSR count). The van der Waals surface area contributed by atoms with Gasteiger partial charge in [-0.1, -0.05) is 37.3 Å². The van der Waals surface area contributed by atoms with Gasteiger partial charge in [0.05, 0.1) is 18.1 Å². The quantitative estimate of drug-likeness (QED) is 0.856. The monoisotopic (exact) mass is 360 g/mol. The van der Waals surface area contributed by atoms with Gasteiger partial charge in [0.15, 0.2) is 5.82 Å². The van der Waals surface area contributed by atoms with Crippen LogP contribution in [0.5, 0.6) is 0 Å². The first kappa shape index (κ1) is 19.3. The van der Waals surface area contributed by atoms with Gasteiger partial charge in [-0.25, -0.2) is 9.97 Å². The predicted octanol–water partition coefficient (Wildman–Crippen LogP) is 3.53. The highest BCUT2D eigenvalue weighted by molar-refractivity contribution is 5.90. The van der Waals surface area contributed by atoms with Crippen LogP contribution in [0.2, 0.25) is 0 Å². The number of piperidine rings is 1. The van der Waals surface area contributed by atoms with Crippen LogP contribution in [-0.4, -0.2) is 29.0 Å². The van der Waals surface area contributed by atoms with Crippen molar-refractivity contribution in [3.8, 4) is 11.4 Å². The molecule has 5 nitrogen and oxygen atoms in total. The van der Waals surface area contributed by atoms with Crippen molar-refractivity contribution in [2.45, 2.75) is 26.2 Å². The molecule has 0 saturated carbocycles. The van der Waals surface area contributed by atoms with Crippen LogP contribution in [0.25, 0.3) is 11.4 Å². The fourth-order valence-electron chi connectivity index (χ4n) is 3.16. The smallest absolute Gasteiger partial charge is 0.224 e. The Hall–Kier alpha value is -1.98. The fourth-order valence-corrected chi connectivity index (χ4v) is 3.16. The first-order valence-electron chi connectivity index (χ1n) is 8.60. The number of aromatic nitrogens is 2. The molecule has 2 heterocycles. The summed E-state index contributed by atoms with van der Waals surface area (Å²) >= 11 is 0. The number of carbonyl (C=O) groups excluding carboxylic acids is 1. The van der Waals surface area contributed by atoms with E-state index in [0.29, 0.717) is 29.8 Å². The van der Waals surface area contributed by atoms with E-state index in [1.807, 2.05) is 30.3 Å². The van der Waals surface area contributed by atoms with Crippen molar-refractivity contribution in [3.05, 3.63) is 42.7 Å². The molecular formula is C19H25ClN4O. The summed E-state index contributed by atoms with van der Waals surface area (Å²) in [5.74, 6) is 1.66. The first-order chi connectivity index (χ1) is 11.7. The van der Waals surface area contributed by atoms with E-state index in [9.17, 15) is 4.79 Å². The van der Waals surface area contributed by atoms with Crippen LogP contribution in [0.1, 0.15) is 26.2 Å². The summed E-state index contributed by atoms with van der Waals surface area (Å²) in [4.78, 5) is 20.9. The molecule has 0 aliphatic carbocycles.